The molecular weight excluding hydrogens is 188 g/mol. The first-order valence-electron chi connectivity index (χ1n) is 5.72. The molecule has 0 saturated carbocycles. The number of likely N-dealkylation sites (tertiary alicyclic amines) is 1. The lowest BCUT2D eigenvalue weighted by Crippen LogP contribution is -2.44. The fraction of sp³-hybridized carbons (Fsp3) is 0.833. The number of hydrogen-bond donors (Lipinski definition) is 0. The first-order chi connectivity index (χ1) is 7.02. The average Bonchev–Trinajstić information content (AvgIpc) is 2.54. The molecule has 3 heteroatoms. The number of rotatable bonds is 3. The minimum atomic E-state index is -0.0327. The molecule has 0 bridgehead atoms. The fourth-order valence-electron chi connectivity index (χ4n) is 2.57. The smallest absolute Gasteiger partial charge is 0.149 e. The van der Waals surface area contributed by atoms with Crippen molar-refractivity contribution in [1.82, 2.24) is 4.90 Å². The lowest BCUT2D eigenvalue weighted by Gasteiger charge is -2.31. The molecule has 0 aromatic carbocycles. The number of nitrogens with zero attached hydrogens (tertiary/aromatic N) is 2. The molecule has 0 unspecified atom stereocenters. The highest BCUT2D eigenvalue weighted by Crippen LogP contribution is 2.32. The number of ketones is 1. The van der Waals surface area contributed by atoms with Crippen LogP contribution in [0.4, 0.5) is 0 Å². The maximum absolute atomic E-state index is 11.8. The van der Waals surface area contributed by atoms with Crippen LogP contribution in [0.5, 0.6) is 0 Å². The van der Waals surface area contributed by atoms with E-state index in [4.69, 9.17) is 5.26 Å². The Labute approximate surface area is 92.1 Å². The third-order valence-electron chi connectivity index (χ3n) is 3.37. The maximum atomic E-state index is 11.8. The van der Waals surface area contributed by atoms with Gasteiger partial charge in [0.15, 0.2) is 0 Å². The number of nitriles is 1. The molecule has 1 heterocycles. The van der Waals surface area contributed by atoms with E-state index in [0.717, 1.165) is 0 Å². The molecule has 0 amide bonds. The average molecular weight is 208 g/mol. The van der Waals surface area contributed by atoms with Gasteiger partial charge in [-0.05, 0) is 27.2 Å². The second-order valence-electron chi connectivity index (χ2n) is 4.59. The quantitative estimate of drug-likeness (QED) is 0.712. The summed E-state index contributed by atoms with van der Waals surface area (Å²) in [5.41, 5.74) is 0. The van der Waals surface area contributed by atoms with Crippen LogP contribution in [0.3, 0.4) is 0 Å². The van der Waals surface area contributed by atoms with Crippen LogP contribution in [-0.4, -0.2) is 28.8 Å². The van der Waals surface area contributed by atoms with E-state index in [9.17, 15) is 4.79 Å². The van der Waals surface area contributed by atoms with Crippen molar-refractivity contribution < 1.29 is 4.79 Å². The van der Waals surface area contributed by atoms with Gasteiger partial charge in [-0.1, -0.05) is 6.92 Å². The lowest BCUT2D eigenvalue weighted by molar-refractivity contribution is -0.124. The van der Waals surface area contributed by atoms with Crippen molar-refractivity contribution in [3.05, 3.63) is 0 Å². The molecule has 1 fully saturated rings. The minimum absolute atomic E-state index is 0.00731. The summed E-state index contributed by atoms with van der Waals surface area (Å²) < 4.78 is 0. The molecule has 0 aromatic heterocycles. The third kappa shape index (κ3) is 2.21. The summed E-state index contributed by atoms with van der Waals surface area (Å²) in [4.78, 5) is 14.0. The molecule has 0 N–H and O–H groups in total. The van der Waals surface area contributed by atoms with Gasteiger partial charge in [-0.25, -0.2) is 0 Å². The molecule has 0 aromatic rings. The molecule has 0 aliphatic carbocycles. The van der Waals surface area contributed by atoms with E-state index in [1.807, 2.05) is 6.92 Å². The van der Waals surface area contributed by atoms with E-state index in [0.29, 0.717) is 18.9 Å². The Morgan fingerprint density at radius 2 is 2.20 bits per heavy atom. The van der Waals surface area contributed by atoms with Crippen molar-refractivity contribution in [1.29, 1.82) is 5.26 Å². The maximum Gasteiger partial charge on any atom is 0.149 e. The molecule has 0 radical (unpaired) electrons. The first-order valence-corrected chi connectivity index (χ1v) is 5.72. The Morgan fingerprint density at radius 3 is 2.60 bits per heavy atom. The topological polar surface area (TPSA) is 44.1 Å². The molecular formula is C12H20N2O. The van der Waals surface area contributed by atoms with Crippen LogP contribution in [0.1, 0.15) is 40.5 Å². The molecule has 0 spiro atoms. The van der Waals surface area contributed by atoms with Crippen LogP contribution in [0.2, 0.25) is 0 Å². The Bertz CT molecular complexity index is 280. The van der Waals surface area contributed by atoms with Gasteiger partial charge in [0.1, 0.15) is 5.78 Å². The molecule has 84 valence electrons. The lowest BCUT2D eigenvalue weighted by atomic mass is 10.00. The second kappa shape index (κ2) is 4.76. The molecule has 1 saturated heterocycles. The Kier molecular flexibility index (Phi) is 3.87. The third-order valence-corrected chi connectivity index (χ3v) is 3.37. The van der Waals surface area contributed by atoms with Crippen molar-refractivity contribution in [2.45, 2.75) is 58.7 Å². The molecule has 1 aliphatic rings. The molecule has 3 atom stereocenters. The van der Waals surface area contributed by atoms with Gasteiger partial charge < -0.3 is 0 Å². The van der Waals surface area contributed by atoms with Crippen molar-refractivity contribution in [3.8, 4) is 6.07 Å². The summed E-state index contributed by atoms with van der Waals surface area (Å²) in [7, 11) is 0. The summed E-state index contributed by atoms with van der Waals surface area (Å²) in [5, 5.41) is 9.02. The van der Waals surface area contributed by atoms with Gasteiger partial charge in [-0.15, -0.1) is 0 Å². The van der Waals surface area contributed by atoms with Crippen molar-refractivity contribution in [2.24, 2.45) is 5.92 Å². The van der Waals surface area contributed by atoms with E-state index in [2.05, 4.69) is 31.7 Å². The predicted octanol–water partition coefficient (Wildman–Crippen LogP) is 1.98. The number of Topliss-reactive ketones (excluding diaryl/α,β-unsaturated/α-hetero) is 1. The first kappa shape index (κ1) is 12.2. The summed E-state index contributed by atoms with van der Waals surface area (Å²) in [6.07, 6.45) is 1.28. The number of carbonyl (C=O) groups is 1. The second-order valence-corrected chi connectivity index (χ2v) is 4.59. The highest BCUT2D eigenvalue weighted by molar-refractivity contribution is 5.84. The van der Waals surface area contributed by atoms with Gasteiger partial charge in [-0.2, -0.15) is 5.26 Å². The van der Waals surface area contributed by atoms with Crippen LogP contribution < -0.4 is 0 Å². The Morgan fingerprint density at radius 1 is 1.60 bits per heavy atom. The van der Waals surface area contributed by atoms with Gasteiger partial charge in [0.2, 0.25) is 0 Å². The highest BCUT2D eigenvalue weighted by Gasteiger charge is 2.42. The van der Waals surface area contributed by atoms with Crippen molar-refractivity contribution >= 4 is 5.78 Å². The monoisotopic (exact) mass is 208 g/mol. The van der Waals surface area contributed by atoms with E-state index in [1.54, 1.807) is 0 Å². The molecule has 1 rings (SSSR count). The van der Waals surface area contributed by atoms with Gasteiger partial charge in [0.05, 0.1) is 18.0 Å². The largest absolute Gasteiger partial charge is 0.298 e. The summed E-state index contributed by atoms with van der Waals surface area (Å²) in [6.45, 7) is 8.13. The zero-order chi connectivity index (χ0) is 11.6. The Balaban J connectivity index is 2.88. The SMILES string of the molecule is CCC(=O)[C@@H]1C[C@@H](C#N)[C@H](C)N1C(C)C. The minimum Gasteiger partial charge on any atom is -0.298 e. The summed E-state index contributed by atoms with van der Waals surface area (Å²) >= 11 is 0. The molecule has 15 heavy (non-hydrogen) atoms. The Hall–Kier alpha value is -0.880. The van der Waals surface area contributed by atoms with Gasteiger partial charge in [0.25, 0.3) is 0 Å². The van der Waals surface area contributed by atoms with E-state index in [1.165, 1.54) is 0 Å². The van der Waals surface area contributed by atoms with E-state index < -0.39 is 0 Å². The van der Waals surface area contributed by atoms with Crippen LogP contribution in [0, 0.1) is 17.2 Å². The molecule has 3 nitrogen and oxygen atoms in total. The standard InChI is InChI=1S/C12H20N2O/c1-5-12(15)11-6-10(7-13)9(4)14(11)8(2)3/h8-11H,5-6H2,1-4H3/t9-,10-,11-/m0/s1. The van der Waals surface area contributed by atoms with Crippen LogP contribution in [-0.2, 0) is 4.79 Å². The molecule has 1 aliphatic heterocycles. The summed E-state index contributed by atoms with van der Waals surface area (Å²) in [6, 6.07) is 2.82. The predicted molar refractivity (Wildman–Crippen MR) is 59.2 cm³/mol. The van der Waals surface area contributed by atoms with Crippen LogP contribution in [0.25, 0.3) is 0 Å². The van der Waals surface area contributed by atoms with Crippen LogP contribution >= 0.6 is 0 Å². The number of hydrogen-bond acceptors (Lipinski definition) is 3. The van der Waals surface area contributed by atoms with Gasteiger partial charge >= 0.3 is 0 Å². The number of carbonyl (C=O) groups excluding carboxylic acids is 1. The highest BCUT2D eigenvalue weighted by atomic mass is 16.1. The van der Waals surface area contributed by atoms with Gasteiger partial charge in [-0.3, -0.25) is 9.69 Å². The zero-order valence-corrected chi connectivity index (χ0v) is 10.0. The van der Waals surface area contributed by atoms with Crippen molar-refractivity contribution in [2.75, 3.05) is 0 Å². The van der Waals surface area contributed by atoms with E-state index in [-0.39, 0.29) is 23.8 Å². The van der Waals surface area contributed by atoms with Gasteiger partial charge in [0, 0.05) is 18.5 Å². The summed E-state index contributed by atoms with van der Waals surface area (Å²) in [5.74, 6) is 0.279. The fourth-order valence-corrected chi connectivity index (χ4v) is 2.57. The zero-order valence-electron chi connectivity index (χ0n) is 10.0. The van der Waals surface area contributed by atoms with Crippen LogP contribution in [0.15, 0.2) is 0 Å². The van der Waals surface area contributed by atoms with E-state index >= 15 is 0 Å². The normalized spacial score (nSPS) is 31.9. The van der Waals surface area contributed by atoms with Crippen molar-refractivity contribution in [3.63, 3.8) is 0 Å².